The lowest BCUT2D eigenvalue weighted by molar-refractivity contribution is 0.112. The Labute approximate surface area is 123 Å². The highest BCUT2D eigenvalue weighted by Crippen LogP contribution is 2.18. The zero-order chi connectivity index (χ0) is 14.5. The van der Waals surface area contributed by atoms with Crippen LogP contribution in [0.15, 0.2) is 30.3 Å². The van der Waals surface area contributed by atoms with Crippen molar-refractivity contribution in [1.82, 2.24) is 9.80 Å². The maximum atomic E-state index is 6.33. The smallest absolute Gasteiger partial charge is 0.0236 e. The summed E-state index contributed by atoms with van der Waals surface area (Å²) in [6.07, 6.45) is 1.12. The van der Waals surface area contributed by atoms with Gasteiger partial charge in [-0.1, -0.05) is 30.3 Å². The molecule has 2 unspecified atom stereocenters. The minimum absolute atomic E-state index is 0.350. The minimum atomic E-state index is 0.350. The first-order valence-electron chi connectivity index (χ1n) is 7.78. The molecule has 3 nitrogen and oxygen atoms in total. The minimum Gasteiger partial charge on any atom is -0.327 e. The number of hydrogen-bond acceptors (Lipinski definition) is 3. The van der Waals surface area contributed by atoms with Gasteiger partial charge >= 0.3 is 0 Å². The highest BCUT2D eigenvalue weighted by Gasteiger charge is 2.27. The fraction of sp³-hybridized carbons (Fsp3) is 0.647. The maximum Gasteiger partial charge on any atom is 0.0236 e. The molecular formula is C17H29N3. The lowest BCUT2D eigenvalue weighted by Crippen LogP contribution is -2.50. The lowest BCUT2D eigenvalue weighted by atomic mass is 9.92. The Bertz CT molecular complexity index is 390. The molecule has 1 heterocycles. The summed E-state index contributed by atoms with van der Waals surface area (Å²) in [6.45, 7) is 8.93. The van der Waals surface area contributed by atoms with Crippen LogP contribution in [0.1, 0.15) is 25.8 Å². The fourth-order valence-corrected chi connectivity index (χ4v) is 3.00. The van der Waals surface area contributed by atoms with Crippen molar-refractivity contribution in [3.05, 3.63) is 35.9 Å². The molecule has 1 aliphatic heterocycles. The molecule has 0 aliphatic carbocycles. The predicted molar refractivity (Wildman–Crippen MR) is 85.6 cm³/mol. The van der Waals surface area contributed by atoms with Gasteiger partial charge in [-0.3, -0.25) is 4.90 Å². The van der Waals surface area contributed by atoms with Crippen molar-refractivity contribution >= 4 is 0 Å². The lowest BCUT2D eigenvalue weighted by Gasteiger charge is -2.39. The Kier molecular flexibility index (Phi) is 5.58. The van der Waals surface area contributed by atoms with E-state index in [0.717, 1.165) is 32.6 Å². The monoisotopic (exact) mass is 275 g/mol. The van der Waals surface area contributed by atoms with Gasteiger partial charge in [0.25, 0.3) is 0 Å². The summed E-state index contributed by atoms with van der Waals surface area (Å²) in [5.41, 5.74) is 7.72. The zero-order valence-electron chi connectivity index (χ0n) is 13.1. The Morgan fingerprint density at radius 3 is 2.65 bits per heavy atom. The summed E-state index contributed by atoms with van der Waals surface area (Å²) in [5.74, 6) is 0.583. The molecular weight excluding hydrogens is 246 g/mol. The summed E-state index contributed by atoms with van der Waals surface area (Å²) in [6, 6.07) is 11.6. The topological polar surface area (TPSA) is 32.5 Å². The van der Waals surface area contributed by atoms with Crippen LogP contribution in [-0.2, 0) is 6.54 Å². The van der Waals surface area contributed by atoms with Crippen molar-refractivity contribution < 1.29 is 0 Å². The van der Waals surface area contributed by atoms with E-state index < -0.39 is 0 Å². The van der Waals surface area contributed by atoms with Gasteiger partial charge in [-0.05, 0) is 45.3 Å². The molecule has 2 atom stereocenters. The number of likely N-dealkylation sites (tertiary alicyclic amines) is 1. The number of piperidine rings is 1. The summed E-state index contributed by atoms with van der Waals surface area (Å²) in [4.78, 5) is 4.97. The van der Waals surface area contributed by atoms with Crippen LogP contribution < -0.4 is 5.73 Å². The molecule has 0 saturated carbocycles. The van der Waals surface area contributed by atoms with Gasteiger partial charge in [-0.25, -0.2) is 0 Å². The van der Waals surface area contributed by atoms with Crippen molar-refractivity contribution in [2.24, 2.45) is 11.7 Å². The number of rotatable bonds is 5. The second-order valence-electron chi connectivity index (χ2n) is 6.48. The van der Waals surface area contributed by atoms with Crippen molar-refractivity contribution in [2.75, 3.05) is 26.7 Å². The van der Waals surface area contributed by atoms with E-state index in [1.807, 2.05) is 0 Å². The van der Waals surface area contributed by atoms with E-state index in [1.54, 1.807) is 0 Å². The third kappa shape index (κ3) is 4.30. The molecule has 112 valence electrons. The Hall–Kier alpha value is -0.900. The van der Waals surface area contributed by atoms with E-state index in [9.17, 15) is 0 Å². The van der Waals surface area contributed by atoms with E-state index in [-0.39, 0.29) is 0 Å². The van der Waals surface area contributed by atoms with Gasteiger partial charge in [0.15, 0.2) is 0 Å². The molecule has 0 aromatic heterocycles. The number of nitrogens with zero attached hydrogens (tertiary/aromatic N) is 2. The van der Waals surface area contributed by atoms with Crippen LogP contribution >= 0.6 is 0 Å². The molecule has 1 aliphatic rings. The highest BCUT2D eigenvalue weighted by molar-refractivity contribution is 5.14. The SMILES string of the molecule is CC(C)N(Cc1ccccc1)CC1CN(C)CCC1N. The number of benzene rings is 1. The Morgan fingerprint density at radius 1 is 1.30 bits per heavy atom. The van der Waals surface area contributed by atoms with Crippen molar-refractivity contribution in [3.8, 4) is 0 Å². The van der Waals surface area contributed by atoms with Crippen molar-refractivity contribution in [1.29, 1.82) is 0 Å². The first-order chi connectivity index (χ1) is 9.56. The number of nitrogens with two attached hydrogens (primary N) is 1. The van der Waals surface area contributed by atoms with Gasteiger partial charge in [0.2, 0.25) is 0 Å². The van der Waals surface area contributed by atoms with E-state index in [0.29, 0.717) is 18.0 Å². The number of hydrogen-bond donors (Lipinski definition) is 1. The van der Waals surface area contributed by atoms with Gasteiger partial charge in [0.05, 0.1) is 0 Å². The van der Waals surface area contributed by atoms with Crippen molar-refractivity contribution in [3.63, 3.8) is 0 Å². The van der Waals surface area contributed by atoms with E-state index in [1.165, 1.54) is 5.56 Å². The summed E-state index contributed by atoms with van der Waals surface area (Å²) in [7, 11) is 2.20. The van der Waals surface area contributed by atoms with Gasteiger partial charge in [0, 0.05) is 31.7 Å². The largest absolute Gasteiger partial charge is 0.327 e. The van der Waals surface area contributed by atoms with E-state index in [4.69, 9.17) is 5.73 Å². The second kappa shape index (κ2) is 7.21. The molecule has 2 rings (SSSR count). The first-order valence-corrected chi connectivity index (χ1v) is 7.78. The van der Waals surface area contributed by atoms with Gasteiger partial charge in [-0.15, -0.1) is 0 Å². The summed E-state index contributed by atoms with van der Waals surface area (Å²) in [5, 5.41) is 0. The Morgan fingerprint density at radius 2 is 2.00 bits per heavy atom. The summed E-state index contributed by atoms with van der Waals surface area (Å²) >= 11 is 0. The van der Waals surface area contributed by atoms with Gasteiger partial charge in [-0.2, -0.15) is 0 Å². The molecule has 1 aromatic rings. The normalized spacial score (nSPS) is 24.5. The van der Waals surface area contributed by atoms with Crippen LogP contribution in [0, 0.1) is 5.92 Å². The van der Waals surface area contributed by atoms with Gasteiger partial charge in [0.1, 0.15) is 0 Å². The fourth-order valence-electron chi connectivity index (χ4n) is 3.00. The third-order valence-corrected chi connectivity index (χ3v) is 4.42. The molecule has 3 heteroatoms. The molecule has 20 heavy (non-hydrogen) atoms. The molecule has 2 N–H and O–H groups in total. The highest BCUT2D eigenvalue weighted by atomic mass is 15.2. The Balaban J connectivity index is 1.98. The molecule has 0 bridgehead atoms. The first kappa shape index (κ1) is 15.5. The predicted octanol–water partition coefficient (Wildman–Crippen LogP) is 2.18. The average Bonchev–Trinajstić information content (AvgIpc) is 2.43. The molecule has 0 amide bonds. The van der Waals surface area contributed by atoms with Crippen LogP contribution in [0.2, 0.25) is 0 Å². The van der Waals surface area contributed by atoms with Crippen LogP contribution in [0.3, 0.4) is 0 Å². The van der Waals surface area contributed by atoms with E-state index >= 15 is 0 Å². The van der Waals surface area contributed by atoms with Crippen LogP contribution in [-0.4, -0.2) is 48.6 Å². The maximum absolute atomic E-state index is 6.33. The molecule has 1 saturated heterocycles. The molecule has 0 spiro atoms. The van der Waals surface area contributed by atoms with Crippen LogP contribution in [0.5, 0.6) is 0 Å². The third-order valence-electron chi connectivity index (χ3n) is 4.42. The molecule has 0 radical (unpaired) electrons. The van der Waals surface area contributed by atoms with Crippen LogP contribution in [0.4, 0.5) is 0 Å². The van der Waals surface area contributed by atoms with E-state index in [2.05, 4.69) is 61.0 Å². The van der Waals surface area contributed by atoms with Crippen LogP contribution in [0.25, 0.3) is 0 Å². The molecule has 1 fully saturated rings. The van der Waals surface area contributed by atoms with Gasteiger partial charge < -0.3 is 10.6 Å². The zero-order valence-corrected chi connectivity index (χ0v) is 13.1. The molecule has 1 aromatic carbocycles. The summed E-state index contributed by atoms with van der Waals surface area (Å²) < 4.78 is 0. The quantitative estimate of drug-likeness (QED) is 0.894. The second-order valence-corrected chi connectivity index (χ2v) is 6.48. The van der Waals surface area contributed by atoms with Crippen molar-refractivity contribution in [2.45, 2.75) is 38.9 Å². The average molecular weight is 275 g/mol. The standard InChI is InChI=1S/C17H29N3/c1-14(2)20(11-15-7-5-4-6-8-15)13-16-12-19(3)10-9-17(16)18/h4-8,14,16-17H,9-13,18H2,1-3H3.